The van der Waals surface area contributed by atoms with Crippen molar-refractivity contribution in [3.05, 3.63) is 24.0 Å². The van der Waals surface area contributed by atoms with Crippen LogP contribution in [0, 0.1) is 6.92 Å². The molecule has 2 heterocycles. The molecule has 1 aliphatic heterocycles. The topological polar surface area (TPSA) is 62.3 Å². The second-order valence-corrected chi connectivity index (χ2v) is 4.71. The van der Waals surface area contributed by atoms with E-state index in [4.69, 9.17) is 0 Å². The number of anilines is 1. The Balaban J connectivity index is 2.46. The van der Waals surface area contributed by atoms with Gasteiger partial charge < -0.3 is 5.32 Å². The Morgan fingerprint density at radius 3 is 2.63 bits per heavy atom. The summed E-state index contributed by atoms with van der Waals surface area (Å²) in [6, 6.07) is 2.75. The number of nitrogens with zero attached hydrogens (tertiary/aromatic N) is 2. The van der Waals surface area contributed by atoms with Crippen LogP contribution in [-0.4, -0.2) is 28.9 Å². The summed E-state index contributed by atoms with van der Waals surface area (Å²) in [5, 5.41) is 2.79. The van der Waals surface area contributed by atoms with Gasteiger partial charge in [0.15, 0.2) is 0 Å². The van der Waals surface area contributed by atoms with Gasteiger partial charge in [-0.3, -0.25) is 19.5 Å². The third-order valence-electron chi connectivity index (χ3n) is 3.50. The number of aromatic nitrogens is 1. The molecule has 1 aliphatic rings. The lowest BCUT2D eigenvalue weighted by molar-refractivity contribution is -0.134. The number of carbonyl (C=O) groups is 2. The van der Waals surface area contributed by atoms with Gasteiger partial charge >= 0.3 is 0 Å². The number of carbonyl (C=O) groups excluding carboxylic acids is 2. The van der Waals surface area contributed by atoms with Crippen LogP contribution in [0.5, 0.6) is 0 Å². The Hall–Kier alpha value is -1.91. The van der Waals surface area contributed by atoms with Crippen LogP contribution in [0.2, 0.25) is 0 Å². The second-order valence-electron chi connectivity index (χ2n) is 4.71. The largest absolute Gasteiger partial charge is 0.342 e. The highest BCUT2D eigenvalue weighted by Crippen LogP contribution is 2.25. The van der Waals surface area contributed by atoms with Gasteiger partial charge in [-0.15, -0.1) is 0 Å². The molecule has 2 unspecified atom stereocenters. The molecule has 2 rings (SSSR count). The lowest BCUT2D eigenvalue weighted by Gasteiger charge is -2.38. The van der Waals surface area contributed by atoms with Crippen LogP contribution in [0.15, 0.2) is 18.3 Å². The summed E-state index contributed by atoms with van der Waals surface area (Å²) in [5.41, 5.74) is 1.49. The van der Waals surface area contributed by atoms with Gasteiger partial charge in [-0.25, -0.2) is 0 Å². The van der Waals surface area contributed by atoms with Crippen LogP contribution in [0.4, 0.5) is 5.69 Å². The van der Waals surface area contributed by atoms with Gasteiger partial charge in [-0.2, -0.15) is 0 Å². The summed E-state index contributed by atoms with van der Waals surface area (Å²) in [5.74, 6) is -0.137. The number of hydrogen-bond acceptors (Lipinski definition) is 3. The first-order valence-corrected chi connectivity index (χ1v) is 6.65. The van der Waals surface area contributed by atoms with E-state index in [0.717, 1.165) is 11.4 Å². The van der Waals surface area contributed by atoms with Crippen LogP contribution in [0.25, 0.3) is 0 Å². The Morgan fingerprint density at radius 1 is 1.32 bits per heavy atom. The fourth-order valence-electron chi connectivity index (χ4n) is 2.43. The van der Waals surface area contributed by atoms with Crippen molar-refractivity contribution in [3.8, 4) is 0 Å². The second kappa shape index (κ2) is 5.38. The summed E-state index contributed by atoms with van der Waals surface area (Å²) in [6.45, 7) is 5.65. The van der Waals surface area contributed by atoms with Crippen molar-refractivity contribution in [1.82, 2.24) is 10.3 Å². The molecule has 0 aliphatic carbocycles. The van der Waals surface area contributed by atoms with Gasteiger partial charge in [0, 0.05) is 6.20 Å². The maximum atomic E-state index is 12.5. The van der Waals surface area contributed by atoms with Crippen molar-refractivity contribution >= 4 is 17.5 Å². The smallest absolute Gasteiger partial charge is 0.250 e. The molecule has 0 saturated carbocycles. The zero-order valence-corrected chi connectivity index (χ0v) is 11.5. The predicted molar refractivity (Wildman–Crippen MR) is 72.8 cm³/mol. The highest BCUT2D eigenvalue weighted by Gasteiger charge is 2.40. The van der Waals surface area contributed by atoms with E-state index in [1.54, 1.807) is 17.2 Å². The van der Waals surface area contributed by atoms with Gasteiger partial charge in [0.2, 0.25) is 11.8 Å². The van der Waals surface area contributed by atoms with Crippen LogP contribution in [0.3, 0.4) is 0 Å². The maximum absolute atomic E-state index is 12.5. The molecule has 1 aromatic heterocycles. The molecule has 0 aromatic carbocycles. The predicted octanol–water partition coefficient (Wildman–Crippen LogP) is 1.41. The molecule has 0 spiro atoms. The van der Waals surface area contributed by atoms with E-state index < -0.39 is 12.1 Å². The molecule has 5 heteroatoms. The molecule has 102 valence electrons. The number of rotatable bonds is 3. The summed E-state index contributed by atoms with van der Waals surface area (Å²) in [6.07, 6.45) is 2.87. The minimum atomic E-state index is -0.446. The average Bonchev–Trinajstić information content (AvgIpc) is 2.41. The molecule has 1 aromatic rings. The quantitative estimate of drug-likeness (QED) is 0.894. The average molecular weight is 261 g/mol. The van der Waals surface area contributed by atoms with Gasteiger partial charge in [-0.1, -0.05) is 13.8 Å². The molecule has 2 atom stereocenters. The standard InChI is InChI=1S/C14H19N3O2/c1-4-10-14(19)17(11(5-2)13(18)16-10)12-7-6-8-15-9(12)3/h6-8,10-11H,4-5H2,1-3H3,(H,16,18). The van der Waals surface area contributed by atoms with Crippen molar-refractivity contribution in [3.63, 3.8) is 0 Å². The van der Waals surface area contributed by atoms with Crippen molar-refractivity contribution in [1.29, 1.82) is 0 Å². The first kappa shape index (κ1) is 13.5. The molecule has 5 nitrogen and oxygen atoms in total. The summed E-state index contributed by atoms with van der Waals surface area (Å²) in [4.78, 5) is 30.4. The molecular formula is C14H19N3O2. The lowest BCUT2D eigenvalue weighted by atomic mass is 10.0. The third kappa shape index (κ3) is 2.32. The van der Waals surface area contributed by atoms with Crippen LogP contribution in [0.1, 0.15) is 32.4 Å². The van der Waals surface area contributed by atoms with Crippen molar-refractivity contribution in [2.75, 3.05) is 4.90 Å². The van der Waals surface area contributed by atoms with E-state index in [1.165, 1.54) is 0 Å². The molecular weight excluding hydrogens is 242 g/mol. The van der Waals surface area contributed by atoms with Gasteiger partial charge in [0.05, 0.1) is 11.4 Å². The number of piperazine rings is 1. The van der Waals surface area contributed by atoms with Crippen LogP contribution in [-0.2, 0) is 9.59 Å². The zero-order valence-electron chi connectivity index (χ0n) is 11.5. The van der Waals surface area contributed by atoms with Crippen LogP contribution >= 0.6 is 0 Å². The molecule has 1 fully saturated rings. The third-order valence-corrected chi connectivity index (χ3v) is 3.50. The Labute approximate surface area is 113 Å². The maximum Gasteiger partial charge on any atom is 0.250 e. The van der Waals surface area contributed by atoms with Crippen molar-refractivity contribution in [2.45, 2.75) is 45.7 Å². The van der Waals surface area contributed by atoms with E-state index in [-0.39, 0.29) is 11.8 Å². The fourth-order valence-corrected chi connectivity index (χ4v) is 2.43. The Bertz CT molecular complexity index is 501. The number of amides is 2. The van der Waals surface area contributed by atoms with Gasteiger partial charge in [0.1, 0.15) is 12.1 Å². The summed E-state index contributed by atoms with van der Waals surface area (Å²) in [7, 11) is 0. The molecule has 19 heavy (non-hydrogen) atoms. The summed E-state index contributed by atoms with van der Waals surface area (Å²) >= 11 is 0. The number of hydrogen-bond donors (Lipinski definition) is 1. The Kier molecular flexibility index (Phi) is 3.83. The zero-order chi connectivity index (χ0) is 14.0. The molecule has 0 bridgehead atoms. The van der Waals surface area contributed by atoms with Gasteiger partial charge in [0.25, 0.3) is 0 Å². The Morgan fingerprint density at radius 2 is 2.05 bits per heavy atom. The SMILES string of the molecule is CCC1NC(=O)C(CC)N(c2cccnc2C)C1=O. The van der Waals surface area contributed by atoms with E-state index in [2.05, 4.69) is 10.3 Å². The minimum absolute atomic E-state index is 0.0509. The number of pyridine rings is 1. The van der Waals surface area contributed by atoms with Crippen molar-refractivity contribution < 1.29 is 9.59 Å². The first-order valence-electron chi connectivity index (χ1n) is 6.65. The first-order chi connectivity index (χ1) is 9.10. The van der Waals surface area contributed by atoms with Crippen molar-refractivity contribution in [2.24, 2.45) is 0 Å². The molecule has 2 amide bonds. The van der Waals surface area contributed by atoms with E-state index in [0.29, 0.717) is 12.8 Å². The van der Waals surface area contributed by atoms with Crippen LogP contribution < -0.4 is 10.2 Å². The van der Waals surface area contributed by atoms with E-state index in [1.807, 2.05) is 26.8 Å². The highest BCUT2D eigenvalue weighted by atomic mass is 16.2. The monoisotopic (exact) mass is 261 g/mol. The summed E-state index contributed by atoms with van der Waals surface area (Å²) < 4.78 is 0. The molecule has 0 radical (unpaired) electrons. The fraction of sp³-hybridized carbons (Fsp3) is 0.500. The van der Waals surface area contributed by atoms with Gasteiger partial charge in [-0.05, 0) is 31.9 Å². The van der Waals surface area contributed by atoms with E-state index in [9.17, 15) is 9.59 Å². The number of aryl methyl sites for hydroxylation is 1. The molecule has 1 saturated heterocycles. The van der Waals surface area contributed by atoms with E-state index >= 15 is 0 Å². The highest BCUT2D eigenvalue weighted by molar-refractivity contribution is 6.08. The minimum Gasteiger partial charge on any atom is -0.342 e. The number of nitrogens with one attached hydrogen (secondary N) is 1. The molecule has 1 N–H and O–H groups in total. The lowest BCUT2D eigenvalue weighted by Crippen LogP contribution is -2.63. The normalized spacial score (nSPS) is 23.4.